The highest BCUT2D eigenvalue weighted by Gasteiger charge is 2.28. The number of hydrogen-bond acceptors (Lipinski definition) is 4. The van der Waals surface area contributed by atoms with E-state index in [-0.39, 0.29) is 22.4 Å². The zero-order valence-electron chi connectivity index (χ0n) is 22.0. The van der Waals surface area contributed by atoms with Gasteiger partial charge in [-0.15, -0.1) is 0 Å². The predicted molar refractivity (Wildman–Crippen MR) is 152 cm³/mol. The molecule has 0 spiro atoms. The van der Waals surface area contributed by atoms with Crippen molar-refractivity contribution in [3.8, 4) is 17.1 Å². The molecule has 0 radical (unpaired) electrons. The van der Waals surface area contributed by atoms with E-state index in [1.165, 1.54) is 0 Å². The van der Waals surface area contributed by atoms with Crippen molar-refractivity contribution in [3.05, 3.63) is 136 Å². The molecule has 1 heterocycles. The van der Waals surface area contributed by atoms with Crippen LogP contribution in [0.3, 0.4) is 0 Å². The first-order chi connectivity index (χ1) is 18.2. The maximum atomic E-state index is 13.8. The van der Waals surface area contributed by atoms with Crippen molar-refractivity contribution < 1.29 is 13.9 Å². The number of esters is 1. The lowest BCUT2D eigenvalue weighted by atomic mass is 9.86. The standard InChI is InChI=1S/C34H30O4/c1-22-15-20-27-28(21-22)37-31(25-16-18-26(19-17-25)34(2,3)4)32(30(27)35)38-33(36)29(23-11-7-5-8-12-23)24-13-9-6-10-14-24/h5-21,29H,1-4H3. The van der Waals surface area contributed by atoms with Crippen molar-refractivity contribution in [2.24, 2.45) is 0 Å². The molecule has 0 aliphatic heterocycles. The number of hydrogen-bond donors (Lipinski definition) is 0. The highest BCUT2D eigenvalue weighted by atomic mass is 16.5. The Morgan fingerprint density at radius 2 is 1.37 bits per heavy atom. The smallest absolute Gasteiger partial charge is 0.323 e. The van der Waals surface area contributed by atoms with Crippen LogP contribution in [0.15, 0.2) is 112 Å². The van der Waals surface area contributed by atoms with Crippen LogP contribution in [-0.4, -0.2) is 5.97 Å². The van der Waals surface area contributed by atoms with Crippen molar-refractivity contribution in [2.75, 3.05) is 0 Å². The number of aryl methyl sites for hydroxylation is 1. The second-order valence-electron chi connectivity index (χ2n) is 10.6. The molecular formula is C34H30O4. The summed E-state index contributed by atoms with van der Waals surface area (Å²) in [4.78, 5) is 27.6. The molecule has 0 amide bonds. The van der Waals surface area contributed by atoms with Crippen molar-refractivity contribution in [3.63, 3.8) is 0 Å². The van der Waals surface area contributed by atoms with E-state index in [0.717, 1.165) is 22.3 Å². The fourth-order valence-corrected chi connectivity index (χ4v) is 4.60. The number of carbonyl (C=O) groups is 1. The number of fused-ring (bicyclic) bond motifs is 1. The Morgan fingerprint density at radius 1 is 0.789 bits per heavy atom. The van der Waals surface area contributed by atoms with Gasteiger partial charge in [-0.25, -0.2) is 0 Å². The molecule has 0 aliphatic carbocycles. The lowest BCUT2D eigenvalue weighted by Crippen LogP contribution is -2.23. The molecule has 5 rings (SSSR count). The van der Waals surface area contributed by atoms with Crippen LogP contribution in [-0.2, 0) is 10.2 Å². The van der Waals surface area contributed by atoms with Crippen LogP contribution in [0.5, 0.6) is 5.75 Å². The number of benzene rings is 4. The minimum Gasteiger partial charge on any atom is -0.452 e. The minimum absolute atomic E-state index is 0.0340. The van der Waals surface area contributed by atoms with E-state index >= 15 is 0 Å². The van der Waals surface area contributed by atoms with E-state index in [0.29, 0.717) is 16.5 Å². The molecule has 0 saturated carbocycles. The van der Waals surface area contributed by atoms with Gasteiger partial charge in [0.05, 0.1) is 5.39 Å². The summed E-state index contributed by atoms with van der Waals surface area (Å²) in [7, 11) is 0. The lowest BCUT2D eigenvalue weighted by Gasteiger charge is -2.20. The summed E-state index contributed by atoms with van der Waals surface area (Å²) < 4.78 is 12.3. The van der Waals surface area contributed by atoms with E-state index in [1.807, 2.05) is 104 Å². The molecule has 1 aromatic heterocycles. The summed E-state index contributed by atoms with van der Waals surface area (Å²) in [6, 6.07) is 32.1. The molecule has 0 fully saturated rings. The zero-order valence-corrected chi connectivity index (χ0v) is 22.0. The Hall–Kier alpha value is -4.44. The average molecular weight is 503 g/mol. The van der Waals surface area contributed by atoms with Gasteiger partial charge in [-0.05, 0) is 46.7 Å². The first-order valence-electron chi connectivity index (χ1n) is 12.7. The second-order valence-corrected chi connectivity index (χ2v) is 10.6. The Bertz CT molecular complexity index is 1600. The van der Waals surface area contributed by atoms with Crippen LogP contribution in [0.4, 0.5) is 0 Å². The van der Waals surface area contributed by atoms with Gasteiger partial charge in [-0.1, -0.05) is 112 Å². The summed E-state index contributed by atoms with van der Waals surface area (Å²) >= 11 is 0. The summed E-state index contributed by atoms with van der Waals surface area (Å²) in [6.07, 6.45) is 0. The molecular weight excluding hydrogens is 472 g/mol. The molecule has 0 bridgehead atoms. The Balaban J connectivity index is 1.66. The maximum Gasteiger partial charge on any atom is 0.323 e. The minimum atomic E-state index is -0.707. The van der Waals surface area contributed by atoms with Gasteiger partial charge in [0.1, 0.15) is 11.5 Å². The van der Waals surface area contributed by atoms with E-state index in [4.69, 9.17) is 9.15 Å². The SMILES string of the molecule is Cc1ccc2c(=O)c(OC(=O)C(c3ccccc3)c3ccccc3)c(-c3ccc(C(C)(C)C)cc3)oc2c1. The Kier molecular flexibility index (Phi) is 6.73. The van der Waals surface area contributed by atoms with E-state index in [2.05, 4.69) is 20.8 Å². The topological polar surface area (TPSA) is 56.5 Å². The molecule has 0 aliphatic rings. The van der Waals surface area contributed by atoms with Crippen molar-refractivity contribution >= 4 is 16.9 Å². The number of ether oxygens (including phenoxy) is 1. The van der Waals surface area contributed by atoms with Crippen LogP contribution < -0.4 is 10.2 Å². The fraction of sp³-hybridized carbons (Fsp3) is 0.176. The van der Waals surface area contributed by atoms with Crippen molar-refractivity contribution in [1.82, 2.24) is 0 Å². The van der Waals surface area contributed by atoms with Gasteiger partial charge < -0.3 is 9.15 Å². The quantitative estimate of drug-likeness (QED) is 0.230. The van der Waals surface area contributed by atoms with Gasteiger partial charge in [-0.2, -0.15) is 0 Å². The van der Waals surface area contributed by atoms with Gasteiger partial charge in [-0.3, -0.25) is 9.59 Å². The fourth-order valence-electron chi connectivity index (χ4n) is 4.60. The van der Waals surface area contributed by atoms with E-state index < -0.39 is 11.9 Å². The monoisotopic (exact) mass is 502 g/mol. The first kappa shape index (κ1) is 25.2. The predicted octanol–water partition coefficient (Wildman–Crippen LogP) is 7.80. The zero-order chi connectivity index (χ0) is 26.9. The summed E-state index contributed by atoms with van der Waals surface area (Å²) in [6.45, 7) is 8.36. The third-order valence-electron chi connectivity index (χ3n) is 6.72. The Labute approximate surface area is 222 Å². The summed E-state index contributed by atoms with van der Waals surface area (Å²) in [5, 5.41) is 0.365. The van der Waals surface area contributed by atoms with Gasteiger partial charge in [0.15, 0.2) is 5.76 Å². The molecule has 5 aromatic rings. The van der Waals surface area contributed by atoms with Crippen molar-refractivity contribution in [1.29, 1.82) is 0 Å². The molecule has 4 aromatic carbocycles. The third-order valence-corrected chi connectivity index (χ3v) is 6.72. The van der Waals surface area contributed by atoms with Crippen LogP contribution in [0, 0.1) is 6.92 Å². The molecule has 38 heavy (non-hydrogen) atoms. The first-order valence-corrected chi connectivity index (χ1v) is 12.7. The Morgan fingerprint density at radius 3 is 1.92 bits per heavy atom. The molecule has 190 valence electrons. The van der Waals surface area contributed by atoms with Crippen molar-refractivity contribution in [2.45, 2.75) is 39.0 Å². The van der Waals surface area contributed by atoms with Gasteiger partial charge in [0.2, 0.25) is 11.2 Å². The molecule has 0 N–H and O–H groups in total. The highest BCUT2D eigenvalue weighted by molar-refractivity contribution is 5.88. The number of carbonyl (C=O) groups excluding carboxylic acids is 1. The largest absolute Gasteiger partial charge is 0.452 e. The van der Waals surface area contributed by atoms with Gasteiger partial charge >= 0.3 is 5.97 Å². The molecule has 0 unspecified atom stereocenters. The molecule has 0 atom stereocenters. The third kappa shape index (κ3) is 5.03. The lowest BCUT2D eigenvalue weighted by molar-refractivity contribution is -0.135. The van der Waals surface area contributed by atoms with Gasteiger partial charge in [0.25, 0.3) is 0 Å². The normalized spacial score (nSPS) is 11.6. The summed E-state index contributed by atoms with van der Waals surface area (Å²) in [5.41, 5.74) is 4.37. The van der Waals surface area contributed by atoms with E-state index in [1.54, 1.807) is 6.07 Å². The molecule has 4 nitrogen and oxygen atoms in total. The highest BCUT2D eigenvalue weighted by Crippen LogP contribution is 2.35. The summed E-state index contributed by atoms with van der Waals surface area (Å²) in [5.74, 6) is -1.12. The van der Waals surface area contributed by atoms with Crippen LogP contribution in [0.25, 0.3) is 22.3 Å². The molecule has 0 saturated heterocycles. The average Bonchev–Trinajstić information content (AvgIpc) is 2.91. The van der Waals surface area contributed by atoms with E-state index in [9.17, 15) is 9.59 Å². The van der Waals surface area contributed by atoms with Crippen LogP contribution in [0.2, 0.25) is 0 Å². The van der Waals surface area contributed by atoms with Crippen LogP contribution >= 0.6 is 0 Å². The second kappa shape index (κ2) is 10.1. The molecule has 4 heteroatoms. The maximum absolute atomic E-state index is 13.8. The van der Waals surface area contributed by atoms with Crippen LogP contribution in [0.1, 0.15) is 48.9 Å². The number of rotatable bonds is 5. The van der Waals surface area contributed by atoms with Gasteiger partial charge in [0, 0.05) is 5.56 Å².